The smallest absolute Gasteiger partial charge is 0.135 e. The van der Waals surface area contributed by atoms with Gasteiger partial charge in [-0.3, -0.25) is 0 Å². The highest BCUT2D eigenvalue weighted by Crippen LogP contribution is 2.19. The van der Waals surface area contributed by atoms with Crippen LogP contribution in [-0.2, 0) is 6.54 Å². The summed E-state index contributed by atoms with van der Waals surface area (Å²) in [5.41, 5.74) is 2.29. The van der Waals surface area contributed by atoms with Gasteiger partial charge < -0.3 is 10.2 Å². The predicted molar refractivity (Wildman–Crippen MR) is 94.9 cm³/mol. The van der Waals surface area contributed by atoms with E-state index in [1.807, 2.05) is 42.5 Å². The van der Waals surface area contributed by atoms with Crippen LogP contribution in [0.1, 0.15) is 12.5 Å². The van der Waals surface area contributed by atoms with E-state index in [0.717, 1.165) is 30.4 Å². The van der Waals surface area contributed by atoms with Crippen molar-refractivity contribution >= 4 is 17.3 Å². The Kier molecular flexibility index (Phi) is 4.84. The fourth-order valence-corrected chi connectivity index (χ4v) is 2.42. The molecule has 0 spiro atoms. The average molecular weight is 304 g/mol. The molecule has 0 radical (unpaired) electrons. The lowest BCUT2D eigenvalue weighted by Crippen LogP contribution is -2.23. The van der Waals surface area contributed by atoms with Gasteiger partial charge >= 0.3 is 0 Å². The third-order valence-electron chi connectivity index (χ3n) is 3.62. The maximum atomic E-state index is 4.42. The fraction of sp³-hybridized carbons (Fsp3) is 0.158. The zero-order chi connectivity index (χ0) is 15.9. The van der Waals surface area contributed by atoms with Gasteiger partial charge in [0, 0.05) is 24.8 Å². The monoisotopic (exact) mass is 304 g/mol. The molecule has 0 saturated carbocycles. The molecule has 4 heteroatoms. The van der Waals surface area contributed by atoms with E-state index in [1.54, 1.807) is 6.33 Å². The summed E-state index contributed by atoms with van der Waals surface area (Å²) in [6, 6.07) is 22.4. The zero-order valence-corrected chi connectivity index (χ0v) is 13.2. The molecule has 0 atom stereocenters. The van der Waals surface area contributed by atoms with E-state index in [9.17, 15) is 0 Å². The third-order valence-corrected chi connectivity index (χ3v) is 3.62. The molecule has 116 valence electrons. The first-order valence-corrected chi connectivity index (χ1v) is 7.78. The van der Waals surface area contributed by atoms with Crippen LogP contribution in [0, 0.1) is 0 Å². The molecule has 3 aromatic rings. The van der Waals surface area contributed by atoms with E-state index >= 15 is 0 Å². The van der Waals surface area contributed by atoms with Gasteiger partial charge in [0.15, 0.2) is 0 Å². The molecular formula is C19H20N4. The van der Waals surface area contributed by atoms with Gasteiger partial charge in [0.1, 0.15) is 18.0 Å². The van der Waals surface area contributed by atoms with Crippen molar-refractivity contribution in [1.82, 2.24) is 9.97 Å². The largest absolute Gasteiger partial charge is 0.352 e. The molecule has 0 bridgehead atoms. The third kappa shape index (κ3) is 4.07. The molecule has 0 aliphatic carbocycles. The number of anilines is 3. The van der Waals surface area contributed by atoms with Crippen molar-refractivity contribution < 1.29 is 0 Å². The van der Waals surface area contributed by atoms with Gasteiger partial charge in [0.25, 0.3) is 0 Å². The maximum Gasteiger partial charge on any atom is 0.135 e. The number of nitrogens with zero attached hydrogens (tertiary/aromatic N) is 3. The summed E-state index contributed by atoms with van der Waals surface area (Å²) >= 11 is 0. The molecule has 1 N–H and O–H groups in total. The lowest BCUT2D eigenvalue weighted by Gasteiger charge is -2.22. The number of para-hydroxylation sites is 1. The topological polar surface area (TPSA) is 41.0 Å². The summed E-state index contributed by atoms with van der Waals surface area (Å²) in [6.45, 7) is 3.85. The maximum absolute atomic E-state index is 4.42. The molecule has 3 rings (SSSR count). The second-order valence-corrected chi connectivity index (χ2v) is 5.25. The van der Waals surface area contributed by atoms with Gasteiger partial charge in [-0.05, 0) is 24.6 Å². The minimum atomic E-state index is 0.799. The van der Waals surface area contributed by atoms with Crippen molar-refractivity contribution in [1.29, 1.82) is 0 Å². The van der Waals surface area contributed by atoms with Crippen molar-refractivity contribution in [2.24, 2.45) is 0 Å². The molecule has 0 aliphatic heterocycles. The van der Waals surface area contributed by atoms with Crippen molar-refractivity contribution in [3.63, 3.8) is 0 Å². The second-order valence-electron chi connectivity index (χ2n) is 5.25. The van der Waals surface area contributed by atoms with Crippen LogP contribution in [0.25, 0.3) is 0 Å². The summed E-state index contributed by atoms with van der Waals surface area (Å²) < 4.78 is 0. The summed E-state index contributed by atoms with van der Waals surface area (Å²) in [6.07, 6.45) is 1.61. The molecule has 0 fully saturated rings. The van der Waals surface area contributed by atoms with Crippen LogP contribution in [0.4, 0.5) is 17.3 Å². The first kappa shape index (κ1) is 15.0. The van der Waals surface area contributed by atoms with Crippen LogP contribution in [0.2, 0.25) is 0 Å². The fourth-order valence-electron chi connectivity index (χ4n) is 2.42. The Labute approximate surface area is 136 Å². The van der Waals surface area contributed by atoms with Crippen LogP contribution in [-0.4, -0.2) is 16.5 Å². The summed E-state index contributed by atoms with van der Waals surface area (Å²) in [5.74, 6) is 1.72. The van der Waals surface area contributed by atoms with Gasteiger partial charge in [0.2, 0.25) is 0 Å². The lowest BCUT2D eigenvalue weighted by molar-refractivity contribution is 0.810. The Bertz CT molecular complexity index is 729. The van der Waals surface area contributed by atoms with Gasteiger partial charge in [-0.1, -0.05) is 48.5 Å². The first-order chi connectivity index (χ1) is 11.3. The molecule has 0 unspecified atom stereocenters. The number of nitrogens with one attached hydrogen (secondary N) is 1. The molecule has 0 amide bonds. The number of aromatic nitrogens is 2. The molecule has 0 aliphatic rings. The van der Waals surface area contributed by atoms with Crippen molar-refractivity contribution in [3.8, 4) is 0 Å². The number of benzene rings is 2. The van der Waals surface area contributed by atoms with Crippen LogP contribution in [0.3, 0.4) is 0 Å². The first-order valence-electron chi connectivity index (χ1n) is 7.78. The molecule has 4 nitrogen and oxygen atoms in total. The lowest BCUT2D eigenvalue weighted by atomic mass is 10.2. The Hall–Kier alpha value is -2.88. The van der Waals surface area contributed by atoms with E-state index < -0.39 is 0 Å². The van der Waals surface area contributed by atoms with E-state index in [4.69, 9.17) is 0 Å². The zero-order valence-electron chi connectivity index (χ0n) is 13.2. The van der Waals surface area contributed by atoms with Crippen molar-refractivity contribution in [2.75, 3.05) is 16.8 Å². The molecule has 0 saturated heterocycles. The van der Waals surface area contributed by atoms with Gasteiger partial charge in [-0.15, -0.1) is 0 Å². The normalized spacial score (nSPS) is 10.3. The standard InChI is InChI=1S/C19H20N4/c1-2-23(14-16-9-5-3-6-10-16)19-13-18(20-15-21-19)22-17-11-7-4-8-12-17/h3-13,15H,2,14H2,1H3,(H,20,21,22). The Morgan fingerprint density at radius 3 is 2.30 bits per heavy atom. The van der Waals surface area contributed by atoms with Gasteiger partial charge in [-0.25, -0.2) is 9.97 Å². The minimum absolute atomic E-state index is 0.799. The van der Waals surface area contributed by atoms with E-state index in [2.05, 4.69) is 51.4 Å². The number of hydrogen-bond acceptors (Lipinski definition) is 4. The average Bonchev–Trinajstić information content (AvgIpc) is 2.62. The number of rotatable bonds is 6. The molecule has 2 aromatic carbocycles. The van der Waals surface area contributed by atoms with Crippen molar-refractivity contribution in [2.45, 2.75) is 13.5 Å². The Balaban J connectivity index is 1.77. The molecular weight excluding hydrogens is 284 g/mol. The Morgan fingerprint density at radius 1 is 0.913 bits per heavy atom. The van der Waals surface area contributed by atoms with E-state index in [1.165, 1.54) is 5.56 Å². The van der Waals surface area contributed by atoms with Gasteiger partial charge in [-0.2, -0.15) is 0 Å². The minimum Gasteiger partial charge on any atom is -0.352 e. The highest BCUT2D eigenvalue weighted by molar-refractivity contribution is 5.59. The molecule has 1 heterocycles. The highest BCUT2D eigenvalue weighted by Gasteiger charge is 2.08. The molecule has 1 aromatic heterocycles. The number of hydrogen-bond donors (Lipinski definition) is 1. The van der Waals surface area contributed by atoms with Crippen LogP contribution >= 0.6 is 0 Å². The van der Waals surface area contributed by atoms with Crippen LogP contribution in [0.5, 0.6) is 0 Å². The predicted octanol–water partition coefficient (Wildman–Crippen LogP) is 4.25. The van der Waals surface area contributed by atoms with Crippen molar-refractivity contribution in [3.05, 3.63) is 78.6 Å². The SMILES string of the molecule is CCN(Cc1ccccc1)c1cc(Nc2ccccc2)ncn1. The second kappa shape index (κ2) is 7.40. The molecule has 23 heavy (non-hydrogen) atoms. The summed E-state index contributed by atoms with van der Waals surface area (Å²) in [4.78, 5) is 11.0. The van der Waals surface area contributed by atoms with E-state index in [0.29, 0.717) is 0 Å². The van der Waals surface area contributed by atoms with E-state index in [-0.39, 0.29) is 0 Å². The summed E-state index contributed by atoms with van der Waals surface area (Å²) in [7, 11) is 0. The summed E-state index contributed by atoms with van der Waals surface area (Å²) in [5, 5.41) is 3.31. The van der Waals surface area contributed by atoms with Gasteiger partial charge in [0.05, 0.1) is 0 Å². The van der Waals surface area contributed by atoms with Crippen LogP contribution in [0.15, 0.2) is 73.1 Å². The highest BCUT2D eigenvalue weighted by atomic mass is 15.2. The quantitative estimate of drug-likeness (QED) is 0.739. The van der Waals surface area contributed by atoms with Crippen LogP contribution < -0.4 is 10.2 Å². The Morgan fingerprint density at radius 2 is 1.61 bits per heavy atom.